The van der Waals surface area contributed by atoms with Crippen molar-refractivity contribution in [1.29, 1.82) is 0 Å². The van der Waals surface area contributed by atoms with Gasteiger partial charge in [-0.1, -0.05) is 0 Å². The molecule has 0 unspecified atom stereocenters. The zero-order valence-corrected chi connectivity index (χ0v) is 13.0. The van der Waals surface area contributed by atoms with Crippen molar-refractivity contribution in [2.24, 2.45) is 0 Å². The lowest BCUT2D eigenvalue weighted by molar-refractivity contribution is 0.203. The lowest BCUT2D eigenvalue weighted by Crippen LogP contribution is -2.52. The van der Waals surface area contributed by atoms with Crippen LogP contribution in [-0.2, 0) is 14.9 Å². The topological polar surface area (TPSA) is 87.9 Å². The minimum atomic E-state index is -3.41. The molecule has 1 aliphatic heterocycles. The Kier molecular flexibility index (Phi) is 5.40. The van der Waals surface area contributed by atoms with Crippen molar-refractivity contribution >= 4 is 21.6 Å². The summed E-state index contributed by atoms with van der Waals surface area (Å²) < 4.78 is 33.0. The fourth-order valence-corrected chi connectivity index (χ4v) is 3.40. The van der Waals surface area contributed by atoms with E-state index in [0.717, 1.165) is 11.4 Å². The number of ether oxygens (including phenoxy) is 1. The molecule has 0 radical (unpaired) electrons. The number of rotatable bonds is 6. The number of piperazine rings is 1. The molecule has 0 aliphatic carbocycles. The summed E-state index contributed by atoms with van der Waals surface area (Å²) in [7, 11) is -1.87. The zero-order valence-electron chi connectivity index (χ0n) is 12.2. The van der Waals surface area contributed by atoms with Crippen LogP contribution in [0.25, 0.3) is 0 Å². The summed E-state index contributed by atoms with van der Waals surface area (Å²) in [5.41, 5.74) is 7.46. The molecule has 3 N–H and O–H groups in total. The Bertz CT molecular complexity index is 539. The molecule has 7 nitrogen and oxygen atoms in total. The van der Waals surface area contributed by atoms with Crippen molar-refractivity contribution in [2.75, 3.05) is 57.1 Å². The van der Waals surface area contributed by atoms with Gasteiger partial charge in [0.1, 0.15) is 0 Å². The van der Waals surface area contributed by atoms with E-state index in [9.17, 15) is 8.42 Å². The summed E-state index contributed by atoms with van der Waals surface area (Å²) in [4.78, 5) is 2.15. The van der Waals surface area contributed by atoms with Crippen LogP contribution in [-0.4, -0.2) is 59.2 Å². The maximum atomic E-state index is 12.1. The summed E-state index contributed by atoms with van der Waals surface area (Å²) in [5.74, 6) is 0. The molecule has 1 heterocycles. The van der Waals surface area contributed by atoms with Gasteiger partial charge in [0.05, 0.1) is 6.61 Å². The number of hydrogen-bond donors (Lipinski definition) is 2. The standard InChI is InChI=1S/C13H22N4O3S/c1-20-11-6-15-21(18,19)17-9-7-16(8-10-17)13-4-2-12(14)3-5-13/h2-5,15H,6-11,14H2,1H3. The van der Waals surface area contributed by atoms with E-state index >= 15 is 0 Å². The minimum absolute atomic E-state index is 0.289. The number of nitrogens with two attached hydrogens (primary N) is 1. The van der Waals surface area contributed by atoms with Gasteiger partial charge in [-0.3, -0.25) is 0 Å². The normalized spacial score (nSPS) is 17.1. The van der Waals surface area contributed by atoms with Crippen LogP contribution in [0.4, 0.5) is 11.4 Å². The van der Waals surface area contributed by atoms with Crippen molar-refractivity contribution in [3.63, 3.8) is 0 Å². The molecule has 8 heteroatoms. The van der Waals surface area contributed by atoms with Gasteiger partial charge >= 0.3 is 0 Å². The number of hydrogen-bond acceptors (Lipinski definition) is 5. The molecule has 1 aliphatic rings. The van der Waals surface area contributed by atoms with Gasteiger partial charge in [0.25, 0.3) is 10.2 Å². The van der Waals surface area contributed by atoms with Gasteiger partial charge in [-0.15, -0.1) is 0 Å². The fraction of sp³-hybridized carbons (Fsp3) is 0.538. The van der Waals surface area contributed by atoms with Crippen molar-refractivity contribution < 1.29 is 13.2 Å². The lowest BCUT2D eigenvalue weighted by atomic mass is 10.2. The Balaban J connectivity index is 1.89. The average Bonchev–Trinajstić information content (AvgIpc) is 2.48. The Morgan fingerprint density at radius 2 is 1.81 bits per heavy atom. The number of anilines is 2. The average molecular weight is 314 g/mol. The highest BCUT2D eigenvalue weighted by Gasteiger charge is 2.26. The predicted octanol–water partition coefficient (Wildman–Crippen LogP) is -0.128. The summed E-state index contributed by atoms with van der Waals surface area (Å²) in [6.07, 6.45) is 0. The van der Waals surface area contributed by atoms with E-state index in [1.165, 1.54) is 4.31 Å². The number of nitrogens with one attached hydrogen (secondary N) is 1. The van der Waals surface area contributed by atoms with Crippen LogP contribution >= 0.6 is 0 Å². The van der Waals surface area contributed by atoms with E-state index in [4.69, 9.17) is 10.5 Å². The molecule has 118 valence electrons. The molecular weight excluding hydrogens is 292 g/mol. The van der Waals surface area contributed by atoms with E-state index in [-0.39, 0.29) is 6.54 Å². The van der Waals surface area contributed by atoms with Gasteiger partial charge in [-0.25, -0.2) is 0 Å². The first-order valence-corrected chi connectivity index (χ1v) is 8.31. The van der Waals surface area contributed by atoms with Crippen LogP contribution < -0.4 is 15.4 Å². The first-order chi connectivity index (χ1) is 10.0. The maximum absolute atomic E-state index is 12.1. The number of benzene rings is 1. The molecule has 1 aromatic carbocycles. The molecular formula is C13H22N4O3S. The lowest BCUT2D eigenvalue weighted by Gasteiger charge is -2.35. The number of methoxy groups -OCH3 is 1. The molecule has 1 fully saturated rings. The van der Waals surface area contributed by atoms with E-state index in [1.807, 2.05) is 24.3 Å². The highest BCUT2D eigenvalue weighted by atomic mass is 32.2. The zero-order chi connectivity index (χ0) is 15.3. The second-order valence-corrected chi connectivity index (χ2v) is 6.63. The molecule has 1 aromatic rings. The molecule has 0 atom stereocenters. The highest BCUT2D eigenvalue weighted by Crippen LogP contribution is 2.18. The van der Waals surface area contributed by atoms with Crippen LogP contribution in [0.15, 0.2) is 24.3 Å². The van der Waals surface area contributed by atoms with E-state index in [2.05, 4.69) is 9.62 Å². The Hall–Kier alpha value is -1.35. The maximum Gasteiger partial charge on any atom is 0.279 e. The fourth-order valence-electron chi connectivity index (χ4n) is 2.24. The Morgan fingerprint density at radius 3 is 2.38 bits per heavy atom. The van der Waals surface area contributed by atoms with Gasteiger partial charge in [-0.05, 0) is 24.3 Å². The van der Waals surface area contributed by atoms with Gasteiger partial charge in [-0.2, -0.15) is 17.4 Å². The number of nitrogen functional groups attached to an aromatic ring is 1. The smallest absolute Gasteiger partial charge is 0.279 e. The molecule has 2 rings (SSSR count). The largest absolute Gasteiger partial charge is 0.399 e. The molecule has 0 aromatic heterocycles. The van der Waals surface area contributed by atoms with E-state index in [1.54, 1.807) is 7.11 Å². The van der Waals surface area contributed by atoms with Crippen molar-refractivity contribution in [3.8, 4) is 0 Å². The van der Waals surface area contributed by atoms with Crippen LogP contribution in [0.5, 0.6) is 0 Å². The Morgan fingerprint density at radius 1 is 1.19 bits per heavy atom. The summed E-state index contributed by atoms with van der Waals surface area (Å²) >= 11 is 0. The van der Waals surface area contributed by atoms with E-state index in [0.29, 0.717) is 32.8 Å². The SMILES string of the molecule is COCCNS(=O)(=O)N1CCN(c2ccc(N)cc2)CC1. The van der Waals surface area contributed by atoms with Crippen LogP contribution in [0.3, 0.4) is 0 Å². The molecule has 0 saturated carbocycles. The molecule has 1 saturated heterocycles. The van der Waals surface area contributed by atoms with Crippen LogP contribution in [0.2, 0.25) is 0 Å². The molecule has 0 bridgehead atoms. The van der Waals surface area contributed by atoms with Crippen molar-refractivity contribution in [1.82, 2.24) is 9.03 Å². The highest BCUT2D eigenvalue weighted by molar-refractivity contribution is 7.87. The van der Waals surface area contributed by atoms with Crippen LogP contribution in [0, 0.1) is 0 Å². The summed E-state index contributed by atoms with van der Waals surface area (Å²) in [6.45, 7) is 2.91. The summed E-state index contributed by atoms with van der Waals surface area (Å²) in [6, 6.07) is 7.61. The first-order valence-electron chi connectivity index (χ1n) is 6.87. The third-order valence-corrected chi connectivity index (χ3v) is 5.04. The number of nitrogens with zero attached hydrogens (tertiary/aromatic N) is 2. The molecule has 21 heavy (non-hydrogen) atoms. The van der Waals surface area contributed by atoms with Crippen molar-refractivity contribution in [2.45, 2.75) is 0 Å². The van der Waals surface area contributed by atoms with Crippen LogP contribution in [0.1, 0.15) is 0 Å². The molecule has 0 amide bonds. The third-order valence-electron chi connectivity index (χ3n) is 3.43. The van der Waals surface area contributed by atoms with E-state index < -0.39 is 10.2 Å². The molecule has 0 spiro atoms. The second-order valence-electron chi connectivity index (χ2n) is 4.87. The second kappa shape index (κ2) is 7.08. The van der Waals surface area contributed by atoms with Crippen molar-refractivity contribution in [3.05, 3.63) is 24.3 Å². The monoisotopic (exact) mass is 314 g/mol. The first kappa shape index (κ1) is 16.0. The van der Waals surface area contributed by atoms with Gasteiger partial charge in [0.15, 0.2) is 0 Å². The van der Waals surface area contributed by atoms with Gasteiger partial charge in [0, 0.05) is 51.2 Å². The third kappa shape index (κ3) is 4.31. The summed E-state index contributed by atoms with van der Waals surface area (Å²) in [5, 5.41) is 0. The van der Waals surface area contributed by atoms with Gasteiger partial charge in [0.2, 0.25) is 0 Å². The minimum Gasteiger partial charge on any atom is -0.399 e. The predicted molar refractivity (Wildman–Crippen MR) is 83.4 cm³/mol. The van der Waals surface area contributed by atoms with Gasteiger partial charge < -0.3 is 15.4 Å². The Labute approximate surface area is 125 Å². The quantitative estimate of drug-likeness (QED) is 0.564.